The molecule has 2 fully saturated rings. The fourth-order valence-corrected chi connectivity index (χ4v) is 8.07. The van der Waals surface area contributed by atoms with E-state index < -0.39 is 42.1 Å². The van der Waals surface area contributed by atoms with Gasteiger partial charge >= 0.3 is 23.8 Å². The minimum Gasteiger partial charge on any atom is -0.461 e. The number of carbonyl (C=O) groups excluding carboxylic acids is 5. The number of nitrogens with one attached hydrogen (secondary N) is 5. The largest absolute Gasteiger partial charge is 0.461 e. The summed E-state index contributed by atoms with van der Waals surface area (Å²) in [5.74, 6) is -1.23. The first-order valence-corrected chi connectivity index (χ1v) is 21.1. The minimum absolute atomic E-state index is 0.0244. The average Bonchev–Trinajstić information content (AvgIpc) is 3.87. The van der Waals surface area contributed by atoms with Gasteiger partial charge in [0.05, 0.1) is 44.9 Å². The maximum atomic E-state index is 13.4. The van der Waals surface area contributed by atoms with E-state index in [-0.39, 0.29) is 48.3 Å². The summed E-state index contributed by atoms with van der Waals surface area (Å²) >= 11 is 1.88. The molecule has 0 saturated carbocycles. The molecule has 5 N–H and O–H groups in total. The van der Waals surface area contributed by atoms with Gasteiger partial charge in [-0.3, -0.25) is 19.2 Å². The number of esters is 1. The Bertz CT molecular complexity index is 1750. The number of alkyl halides is 3. The number of urea groups is 1. The number of ether oxygens (including phenoxy) is 4. The standard InChI is InChI=1S/C40H52F3N7O9S/c41-40(42,43)39(49-50-39)29-14-12-28(13-15-29)36(53)46-30(24-34(52)59-25-27-8-2-1-3-9-27)37(54)45-17-7-19-57-21-23-58-22-20-56-18-6-16-44-33(51)11-5-4-10-32-35-31(26-60-32)47-38(55)48-35/h1-3,8-9,12-15,30-32,35H,4-7,10-11,16-26H2,(H,44,51)(H,45,54)(H,46,53)(H2,47,48,55)/t30-,31+,32+,35+/m1/s1. The Morgan fingerprint density at radius 2 is 1.48 bits per heavy atom. The highest BCUT2D eigenvalue weighted by molar-refractivity contribution is 8.00. The van der Waals surface area contributed by atoms with E-state index in [4.69, 9.17) is 18.9 Å². The first-order chi connectivity index (χ1) is 28.9. The van der Waals surface area contributed by atoms with Crippen molar-refractivity contribution in [3.8, 4) is 0 Å². The predicted octanol–water partition coefficient (Wildman–Crippen LogP) is 3.89. The molecule has 2 saturated heterocycles. The van der Waals surface area contributed by atoms with Gasteiger partial charge in [0.2, 0.25) is 11.8 Å². The third-order valence-corrected chi connectivity index (χ3v) is 11.4. The van der Waals surface area contributed by atoms with Crippen LogP contribution in [-0.2, 0) is 45.6 Å². The molecule has 60 heavy (non-hydrogen) atoms. The van der Waals surface area contributed by atoms with Crippen molar-refractivity contribution in [1.82, 2.24) is 26.6 Å². The summed E-state index contributed by atoms with van der Waals surface area (Å²) in [6, 6.07) is 12.4. The van der Waals surface area contributed by atoms with Crippen LogP contribution in [0.4, 0.5) is 18.0 Å². The molecule has 20 heteroatoms. The highest BCUT2D eigenvalue weighted by Crippen LogP contribution is 2.52. The molecule has 0 aromatic heterocycles. The summed E-state index contributed by atoms with van der Waals surface area (Å²) < 4.78 is 62.1. The van der Waals surface area contributed by atoms with Crippen molar-refractivity contribution in [2.24, 2.45) is 10.2 Å². The number of thioether (sulfide) groups is 1. The van der Waals surface area contributed by atoms with Crippen LogP contribution in [0.3, 0.4) is 0 Å². The van der Waals surface area contributed by atoms with Crippen molar-refractivity contribution in [3.05, 3.63) is 71.3 Å². The monoisotopic (exact) mass is 863 g/mol. The molecule has 5 amide bonds. The quantitative estimate of drug-likeness (QED) is 0.0498. The van der Waals surface area contributed by atoms with Crippen LogP contribution < -0.4 is 26.6 Å². The van der Waals surface area contributed by atoms with Crippen LogP contribution in [0.1, 0.15) is 66.4 Å². The molecule has 0 spiro atoms. The maximum absolute atomic E-state index is 13.4. The first kappa shape index (κ1) is 46.3. The third kappa shape index (κ3) is 14.4. The van der Waals surface area contributed by atoms with Gasteiger partial charge in [-0.1, -0.05) is 48.9 Å². The molecule has 0 bridgehead atoms. The molecular formula is C40H52F3N7O9S. The zero-order chi connectivity index (χ0) is 42.8. The maximum Gasteiger partial charge on any atom is 0.442 e. The Kier molecular flexibility index (Phi) is 18.0. The molecule has 0 aliphatic carbocycles. The van der Waals surface area contributed by atoms with E-state index in [1.165, 1.54) is 0 Å². The van der Waals surface area contributed by atoms with E-state index in [2.05, 4.69) is 36.8 Å². The van der Waals surface area contributed by atoms with Crippen LogP contribution in [0, 0.1) is 0 Å². The van der Waals surface area contributed by atoms with Crippen molar-refractivity contribution in [1.29, 1.82) is 0 Å². The van der Waals surface area contributed by atoms with Crippen molar-refractivity contribution in [2.45, 2.75) is 86.8 Å². The number of hydrogen-bond donors (Lipinski definition) is 5. The van der Waals surface area contributed by atoms with Crippen LogP contribution in [0.2, 0.25) is 0 Å². The number of halogens is 3. The molecule has 3 heterocycles. The number of benzene rings is 2. The van der Waals surface area contributed by atoms with Gasteiger partial charge in [0.15, 0.2) is 0 Å². The highest BCUT2D eigenvalue weighted by atomic mass is 32.2. The van der Waals surface area contributed by atoms with E-state index >= 15 is 0 Å². The van der Waals surface area contributed by atoms with Crippen molar-refractivity contribution >= 4 is 41.5 Å². The van der Waals surface area contributed by atoms with Crippen LogP contribution in [0.25, 0.3) is 0 Å². The molecular weight excluding hydrogens is 812 g/mol. The SMILES string of the molecule is O=C(CCCC[C@@H]1SC[C@@H]2NC(=O)N[C@@H]21)NCCCOCCOCCOCCCNC(=O)[C@@H](CC(=O)OCc1ccccc1)NC(=O)c1ccc(C2(C(F)(F)F)N=N2)cc1. The Morgan fingerprint density at radius 3 is 2.13 bits per heavy atom. The summed E-state index contributed by atoms with van der Waals surface area (Å²) in [4.78, 5) is 62.5. The van der Waals surface area contributed by atoms with Gasteiger partial charge in [0.1, 0.15) is 12.6 Å². The Labute approximate surface area is 350 Å². The number of unbranched alkanes of at least 4 members (excludes halogenated alkanes) is 1. The van der Waals surface area contributed by atoms with Crippen LogP contribution >= 0.6 is 11.8 Å². The lowest BCUT2D eigenvalue weighted by Crippen LogP contribution is -2.48. The van der Waals surface area contributed by atoms with Crippen molar-refractivity contribution in [2.75, 3.05) is 58.5 Å². The molecule has 4 atom stereocenters. The second kappa shape index (κ2) is 23.3. The Morgan fingerprint density at radius 1 is 0.833 bits per heavy atom. The topological polar surface area (TPSA) is 207 Å². The molecule has 16 nitrogen and oxygen atoms in total. The number of hydrogen-bond acceptors (Lipinski definition) is 12. The van der Waals surface area contributed by atoms with Gasteiger partial charge in [0, 0.05) is 54.9 Å². The normalized spacial score (nSPS) is 19.1. The van der Waals surface area contributed by atoms with Gasteiger partial charge < -0.3 is 45.5 Å². The number of rotatable bonds is 27. The van der Waals surface area contributed by atoms with E-state index in [9.17, 15) is 37.1 Å². The Balaban J connectivity index is 0.881. The second-order valence-corrected chi connectivity index (χ2v) is 15.6. The summed E-state index contributed by atoms with van der Waals surface area (Å²) in [5.41, 5.74) is -2.20. The number of fused-ring (bicyclic) bond motifs is 1. The first-order valence-electron chi connectivity index (χ1n) is 20.0. The van der Waals surface area contributed by atoms with Gasteiger partial charge in [-0.25, -0.2) is 4.79 Å². The van der Waals surface area contributed by atoms with Gasteiger partial charge in [0.25, 0.3) is 5.91 Å². The molecule has 2 aromatic rings. The molecule has 3 aliphatic rings. The highest BCUT2D eigenvalue weighted by Gasteiger charge is 2.65. The molecule has 0 unspecified atom stereocenters. The van der Waals surface area contributed by atoms with Gasteiger partial charge in [-0.15, -0.1) is 10.2 Å². The number of amides is 5. The van der Waals surface area contributed by atoms with E-state index in [0.717, 1.165) is 54.8 Å². The Hall–Kier alpha value is -4.79. The van der Waals surface area contributed by atoms with Crippen molar-refractivity contribution < 1.29 is 56.1 Å². The van der Waals surface area contributed by atoms with Crippen LogP contribution in [-0.4, -0.2) is 118 Å². The molecule has 328 valence electrons. The van der Waals surface area contributed by atoms with E-state index in [0.29, 0.717) is 70.7 Å². The lowest BCUT2D eigenvalue weighted by atomic mass is 10.0. The lowest BCUT2D eigenvalue weighted by molar-refractivity contribution is -0.166. The smallest absolute Gasteiger partial charge is 0.442 e. The molecule has 0 radical (unpaired) electrons. The van der Waals surface area contributed by atoms with Crippen LogP contribution in [0.5, 0.6) is 0 Å². The summed E-state index contributed by atoms with van der Waals surface area (Å²) in [6.45, 7) is 2.85. The molecule has 2 aromatic carbocycles. The summed E-state index contributed by atoms with van der Waals surface area (Å²) in [6.07, 6.45) is -0.909. The fraction of sp³-hybridized carbons (Fsp3) is 0.575. The second-order valence-electron chi connectivity index (χ2n) is 14.4. The minimum atomic E-state index is -4.73. The van der Waals surface area contributed by atoms with Crippen molar-refractivity contribution in [3.63, 3.8) is 0 Å². The molecule has 3 aliphatic heterocycles. The average molecular weight is 864 g/mol. The van der Waals surface area contributed by atoms with E-state index in [1.54, 1.807) is 24.3 Å². The van der Waals surface area contributed by atoms with Gasteiger partial charge in [-0.2, -0.15) is 24.9 Å². The summed E-state index contributed by atoms with van der Waals surface area (Å²) in [5, 5.41) is 20.7. The fourth-order valence-electron chi connectivity index (χ4n) is 6.53. The number of nitrogens with zero attached hydrogens (tertiary/aromatic N) is 2. The zero-order valence-electron chi connectivity index (χ0n) is 33.1. The van der Waals surface area contributed by atoms with E-state index in [1.807, 2.05) is 17.8 Å². The molecule has 5 rings (SSSR count). The van der Waals surface area contributed by atoms with Crippen LogP contribution in [0.15, 0.2) is 64.8 Å². The lowest BCUT2D eigenvalue weighted by Gasteiger charge is -2.19. The predicted molar refractivity (Wildman–Crippen MR) is 213 cm³/mol. The number of carbonyl (C=O) groups is 5. The van der Waals surface area contributed by atoms with Gasteiger partial charge in [-0.05, 0) is 43.4 Å². The third-order valence-electron chi connectivity index (χ3n) is 9.86. The zero-order valence-corrected chi connectivity index (χ0v) is 34.0. The summed E-state index contributed by atoms with van der Waals surface area (Å²) in [7, 11) is 0.